The van der Waals surface area contributed by atoms with E-state index in [1.165, 1.54) is 28.5 Å². The highest BCUT2D eigenvalue weighted by Gasteiger charge is 2.23. The van der Waals surface area contributed by atoms with Crippen LogP contribution in [0.3, 0.4) is 0 Å². The number of para-hydroxylation sites is 1. The van der Waals surface area contributed by atoms with Crippen LogP contribution in [0.5, 0.6) is 5.75 Å². The maximum Gasteiger partial charge on any atom is 0.264 e. The molecule has 1 saturated heterocycles. The lowest BCUT2D eigenvalue weighted by molar-refractivity contribution is 0.0633. The van der Waals surface area contributed by atoms with E-state index in [0.717, 1.165) is 38.3 Å². The number of carbonyl (C=O) groups is 1. The van der Waals surface area contributed by atoms with E-state index in [1.54, 1.807) is 18.2 Å². The normalized spacial score (nSPS) is 14.7. The lowest BCUT2D eigenvalue weighted by Gasteiger charge is -2.34. The summed E-state index contributed by atoms with van der Waals surface area (Å²) < 4.78 is 19.2. The van der Waals surface area contributed by atoms with Gasteiger partial charge in [-0.15, -0.1) is 11.3 Å². The molecule has 0 bridgehead atoms. The Morgan fingerprint density at radius 2 is 1.83 bits per heavy atom. The van der Waals surface area contributed by atoms with Gasteiger partial charge in [-0.05, 0) is 36.1 Å². The first-order chi connectivity index (χ1) is 14.6. The Balaban J connectivity index is 1.29. The number of amides is 1. The van der Waals surface area contributed by atoms with Crippen molar-refractivity contribution >= 4 is 17.2 Å². The maximum absolute atomic E-state index is 13.7. The smallest absolute Gasteiger partial charge is 0.264 e. The topological polar surface area (TPSA) is 32.8 Å². The molecule has 3 aromatic rings. The number of thiophene rings is 1. The van der Waals surface area contributed by atoms with Gasteiger partial charge in [-0.2, -0.15) is 0 Å². The number of benzene rings is 2. The van der Waals surface area contributed by atoms with Crippen LogP contribution in [0.1, 0.15) is 26.4 Å². The van der Waals surface area contributed by atoms with Crippen LogP contribution in [0.2, 0.25) is 0 Å². The Hall–Kier alpha value is -2.70. The van der Waals surface area contributed by atoms with Crippen LogP contribution in [0, 0.1) is 12.7 Å². The molecule has 1 aromatic heterocycles. The summed E-state index contributed by atoms with van der Waals surface area (Å²) in [6, 6.07) is 16.8. The maximum atomic E-state index is 13.7. The largest absolute Gasteiger partial charge is 0.486 e. The zero-order chi connectivity index (χ0) is 20.9. The second-order valence-corrected chi connectivity index (χ2v) is 8.51. The number of ether oxygens (including phenoxy) is 1. The molecule has 0 unspecified atom stereocenters. The number of piperazine rings is 1. The van der Waals surface area contributed by atoms with Crippen molar-refractivity contribution in [3.8, 4) is 5.75 Å². The fraction of sp³-hybridized carbons (Fsp3) is 0.292. The van der Waals surface area contributed by atoms with E-state index < -0.39 is 0 Å². The SMILES string of the molecule is Cc1cccc(CN2CCN(C(=O)c3cc(COc4ccccc4F)cs3)CC2)c1. The van der Waals surface area contributed by atoms with E-state index in [-0.39, 0.29) is 24.1 Å². The third kappa shape index (κ3) is 5.07. The first-order valence-corrected chi connectivity index (χ1v) is 11.0. The van der Waals surface area contributed by atoms with Gasteiger partial charge in [-0.25, -0.2) is 4.39 Å². The van der Waals surface area contributed by atoms with Crippen molar-refractivity contribution in [2.24, 2.45) is 0 Å². The quantitative estimate of drug-likeness (QED) is 0.573. The van der Waals surface area contributed by atoms with Crippen molar-refractivity contribution in [1.29, 1.82) is 0 Å². The molecule has 2 aromatic carbocycles. The molecule has 1 aliphatic heterocycles. The number of hydrogen-bond donors (Lipinski definition) is 0. The summed E-state index contributed by atoms with van der Waals surface area (Å²) >= 11 is 1.42. The van der Waals surface area contributed by atoms with Crippen LogP contribution in [0.4, 0.5) is 4.39 Å². The minimum absolute atomic E-state index is 0.0624. The molecule has 0 radical (unpaired) electrons. The van der Waals surface area contributed by atoms with Gasteiger partial charge in [-0.1, -0.05) is 42.0 Å². The average Bonchev–Trinajstić information content (AvgIpc) is 3.22. The predicted octanol–water partition coefficient (Wildman–Crippen LogP) is 4.73. The summed E-state index contributed by atoms with van der Waals surface area (Å²) in [5.41, 5.74) is 3.46. The van der Waals surface area contributed by atoms with Crippen LogP contribution >= 0.6 is 11.3 Å². The van der Waals surface area contributed by atoms with Gasteiger partial charge in [0.15, 0.2) is 11.6 Å². The zero-order valence-corrected chi connectivity index (χ0v) is 17.8. The third-order valence-electron chi connectivity index (χ3n) is 5.24. The lowest BCUT2D eigenvalue weighted by Crippen LogP contribution is -2.48. The Morgan fingerprint density at radius 1 is 1.03 bits per heavy atom. The Kier molecular flexibility index (Phi) is 6.45. The van der Waals surface area contributed by atoms with E-state index in [0.29, 0.717) is 4.88 Å². The van der Waals surface area contributed by atoms with Gasteiger partial charge in [0.1, 0.15) is 6.61 Å². The number of rotatable bonds is 6. The predicted molar refractivity (Wildman–Crippen MR) is 117 cm³/mol. The van der Waals surface area contributed by atoms with Crippen molar-refractivity contribution in [2.75, 3.05) is 26.2 Å². The lowest BCUT2D eigenvalue weighted by atomic mass is 10.1. The van der Waals surface area contributed by atoms with E-state index in [9.17, 15) is 9.18 Å². The first-order valence-electron chi connectivity index (χ1n) is 10.1. The minimum Gasteiger partial charge on any atom is -0.486 e. The summed E-state index contributed by atoms with van der Waals surface area (Å²) in [6.45, 7) is 6.46. The molecule has 1 amide bonds. The molecule has 6 heteroatoms. The summed E-state index contributed by atoms with van der Waals surface area (Å²) in [5.74, 6) is -0.0961. The number of carbonyl (C=O) groups excluding carboxylic acids is 1. The first kappa shape index (κ1) is 20.6. The molecule has 4 nitrogen and oxygen atoms in total. The van der Waals surface area contributed by atoms with Gasteiger partial charge in [0.25, 0.3) is 5.91 Å². The van der Waals surface area contributed by atoms with Gasteiger partial charge >= 0.3 is 0 Å². The second-order valence-electron chi connectivity index (χ2n) is 7.60. The minimum atomic E-state index is -0.382. The van der Waals surface area contributed by atoms with Crippen molar-refractivity contribution in [3.63, 3.8) is 0 Å². The van der Waals surface area contributed by atoms with Crippen molar-refractivity contribution in [3.05, 3.63) is 87.4 Å². The van der Waals surface area contributed by atoms with Gasteiger partial charge in [0, 0.05) is 38.3 Å². The van der Waals surface area contributed by atoms with Gasteiger partial charge < -0.3 is 9.64 Å². The van der Waals surface area contributed by atoms with Gasteiger partial charge in [-0.3, -0.25) is 9.69 Å². The zero-order valence-electron chi connectivity index (χ0n) is 17.0. The molecule has 0 saturated carbocycles. The Morgan fingerprint density at radius 3 is 2.60 bits per heavy atom. The fourth-order valence-electron chi connectivity index (χ4n) is 3.62. The van der Waals surface area contributed by atoms with Crippen LogP contribution < -0.4 is 4.74 Å². The van der Waals surface area contributed by atoms with Crippen LogP contribution in [0.25, 0.3) is 0 Å². The monoisotopic (exact) mass is 424 g/mol. The van der Waals surface area contributed by atoms with Gasteiger partial charge in [0.2, 0.25) is 0 Å². The highest BCUT2D eigenvalue weighted by molar-refractivity contribution is 7.12. The number of nitrogens with zero attached hydrogens (tertiary/aromatic N) is 2. The summed E-state index contributed by atoms with van der Waals surface area (Å²) in [6.07, 6.45) is 0. The highest BCUT2D eigenvalue weighted by Crippen LogP contribution is 2.22. The third-order valence-corrected chi connectivity index (χ3v) is 6.21. The molecule has 2 heterocycles. The molecule has 4 rings (SSSR count). The summed E-state index contributed by atoms with van der Waals surface area (Å²) in [5, 5.41) is 1.90. The Labute approximate surface area is 180 Å². The van der Waals surface area contributed by atoms with Crippen LogP contribution in [0.15, 0.2) is 60.0 Å². The Bertz CT molecular complexity index is 1010. The second kappa shape index (κ2) is 9.41. The average molecular weight is 425 g/mol. The van der Waals surface area contributed by atoms with Gasteiger partial charge in [0.05, 0.1) is 4.88 Å². The number of aryl methyl sites for hydroxylation is 1. The van der Waals surface area contributed by atoms with Crippen molar-refractivity contribution in [1.82, 2.24) is 9.80 Å². The molecule has 0 N–H and O–H groups in total. The summed E-state index contributed by atoms with van der Waals surface area (Å²) in [4.78, 5) is 17.9. The van der Waals surface area contributed by atoms with Crippen molar-refractivity contribution < 1.29 is 13.9 Å². The van der Waals surface area contributed by atoms with E-state index >= 15 is 0 Å². The summed E-state index contributed by atoms with van der Waals surface area (Å²) in [7, 11) is 0. The molecule has 0 atom stereocenters. The molecule has 156 valence electrons. The van der Waals surface area contributed by atoms with E-state index in [4.69, 9.17) is 4.74 Å². The van der Waals surface area contributed by atoms with Crippen LogP contribution in [-0.2, 0) is 13.2 Å². The molecule has 1 aliphatic rings. The van der Waals surface area contributed by atoms with Crippen LogP contribution in [-0.4, -0.2) is 41.9 Å². The van der Waals surface area contributed by atoms with E-state index in [1.807, 2.05) is 16.3 Å². The molecular formula is C24H25FN2O2S. The number of halogens is 1. The molecule has 1 fully saturated rings. The van der Waals surface area contributed by atoms with Crippen molar-refractivity contribution in [2.45, 2.75) is 20.1 Å². The fourth-order valence-corrected chi connectivity index (χ4v) is 4.48. The number of hydrogen-bond acceptors (Lipinski definition) is 4. The molecule has 0 aliphatic carbocycles. The highest BCUT2D eigenvalue weighted by atomic mass is 32.1. The van der Waals surface area contributed by atoms with E-state index in [2.05, 4.69) is 36.1 Å². The standard InChI is InChI=1S/C24H25FN2O2S/c1-18-5-4-6-19(13-18)15-26-9-11-27(12-10-26)24(28)23-14-20(17-30-23)16-29-22-8-3-2-7-21(22)25/h2-8,13-14,17H,9-12,15-16H2,1H3. The molecular weight excluding hydrogens is 399 g/mol. The molecule has 0 spiro atoms. The molecule has 30 heavy (non-hydrogen) atoms.